The van der Waals surface area contributed by atoms with Crippen LogP contribution in [-0.2, 0) is 41.8 Å². The number of rotatable bonds is 9. The lowest BCUT2D eigenvalue weighted by Gasteiger charge is -2.33. The van der Waals surface area contributed by atoms with Gasteiger partial charge in [-0.1, -0.05) is 91.0 Å². The number of hydrogen-bond acceptors (Lipinski definition) is 6. The van der Waals surface area contributed by atoms with Gasteiger partial charge in [-0.15, -0.1) is 0 Å². The molecule has 0 unspecified atom stereocenters. The van der Waals surface area contributed by atoms with Crippen molar-refractivity contribution in [3.63, 3.8) is 0 Å². The van der Waals surface area contributed by atoms with E-state index in [1.54, 1.807) is 19.2 Å². The number of carbonyl (C=O) groups excluding carboxylic acids is 2. The van der Waals surface area contributed by atoms with Crippen LogP contribution in [0.3, 0.4) is 0 Å². The Hall–Kier alpha value is -3.62. The van der Waals surface area contributed by atoms with E-state index in [1.165, 1.54) is 4.90 Å². The van der Waals surface area contributed by atoms with Crippen molar-refractivity contribution in [2.24, 2.45) is 17.8 Å². The first-order valence-corrected chi connectivity index (χ1v) is 13.7. The fourth-order valence-electron chi connectivity index (χ4n) is 6.12. The second kappa shape index (κ2) is 11.9. The summed E-state index contributed by atoms with van der Waals surface area (Å²) >= 11 is 0. The van der Waals surface area contributed by atoms with Crippen molar-refractivity contribution in [1.29, 1.82) is 0 Å². The summed E-state index contributed by atoms with van der Waals surface area (Å²) in [7, 11) is 1.58. The Bertz CT molecular complexity index is 1330. The topological polar surface area (TPSA) is 74.3 Å². The Labute approximate surface area is 234 Å². The standard InChI is InChI=1S/C33H33NO6/c1-37-33-30(39-21-23-14-7-3-8-15-23)29(38-20-22-12-5-2-6-13-22)28(40-33)25-18-11-19-26-27(25)32(36)34(31(26)35)24-16-9-4-10-17-24/h2-18,25-30,33H,19-21H2,1H3/t25-,26+,27-,28+,29+,30-,33-/m1/s1. The van der Waals surface area contributed by atoms with Crippen molar-refractivity contribution < 1.29 is 28.5 Å². The maximum atomic E-state index is 13.9. The van der Waals surface area contributed by atoms with Crippen LogP contribution in [0.4, 0.5) is 5.69 Å². The molecule has 3 aromatic carbocycles. The van der Waals surface area contributed by atoms with Gasteiger partial charge in [0.1, 0.15) is 12.2 Å². The second-order valence-corrected chi connectivity index (χ2v) is 10.4. The van der Waals surface area contributed by atoms with E-state index >= 15 is 0 Å². The SMILES string of the molecule is CO[C@@H]1O[C@@H]([C@@H]2C=CC[C@@H]3C(=O)N(c4ccccc4)C(=O)[C@H]23)[C@H](OCc2ccccc2)[C@H]1OCc1ccccc1. The van der Waals surface area contributed by atoms with E-state index in [2.05, 4.69) is 0 Å². The predicted molar refractivity (Wildman–Crippen MR) is 149 cm³/mol. The highest BCUT2D eigenvalue weighted by molar-refractivity contribution is 6.22. The minimum absolute atomic E-state index is 0.171. The predicted octanol–water partition coefficient (Wildman–Crippen LogP) is 4.91. The number of carbonyl (C=O) groups is 2. The van der Waals surface area contributed by atoms with Crippen LogP contribution in [-0.4, -0.2) is 43.5 Å². The number of para-hydroxylation sites is 1. The maximum absolute atomic E-state index is 13.9. The summed E-state index contributed by atoms with van der Waals surface area (Å²) in [5, 5.41) is 0. The summed E-state index contributed by atoms with van der Waals surface area (Å²) in [5.41, 5.74) is 2.63. The smallest absolute Gasteiger partial charge is 0.238 e. The van der Waals surface area contributed by atoms with Gasteiger partial charge >= 0.3 is 0 Å². The van der Waals surface area contributed by atoms with Gasteiger partial charge in [-0.05, 0) is 29.7 Å². The van der Waals surface area contributed by atoms with Crippen LogP contribution >= 0.6 is 0 Å². The summed E-state index contributed by atoms with van der Waals surface area (Å²) < 4.78 is 25.2. The van der Waals surface area contributed by atoms with E-state index in [0.29, 0.717) is 25.3 Å². The molecule has 206 valence electrons. The Morgan fingerprint density at radius 2 is 1.35 bits per heavy atom. The molecule has 0 saturated carbocycles. The molecule has 6 rings (SSSR count). The van der Waals surface area contributed by atoms with Crippen molar-refractivity contribution in [2.45, 2.75) is 44.2 Å². The third kappa shape index (κ3) is 5.13. The van der Waals surface area contributed by atoms with E-state index in [-0.39, 0.29) is 17.7 Å². The van der Waals surface area contributed by atoms with Gasteiger partial charge in [0.25, 0.3) is 0 Å². The lowest BCUT2D eigenvalue weighted by atomic mass is 9.73. The van der Waals surface area contributed by atoms with Gasteiger partial charge in [-0.25, -0.2) is 0 Å². The molecular formula is C33H33NO6. The van der Waals surface area contributed by atoms with Gasteiger partial charge in [0, 0.05) is 13.0 Å². The zero-order valence-corrected chi connectivity index (χ0v) is 22.4. The van der Waals surface area contributed by atoms with Gasteiger partial charge in [0.15, 0.2) is 6.29 Å². The highest BCUT2D eigenvalue weighted by atomic mass is 16.7. The molecule has 0 radical (unpaired) electrons. The fourth-order valence-corrected chi connectivity index (χ4v) is 6.12. The van der Waals surface area contributed by atoms with Crippen LogP contribution in [0.2, 0.25) is 0 Å². The van der Waals surface area contributed by atoms with E-state index < -0.39 is 36.4 Å². The summed E-state index contributed by atoms with van der Waals surface area (Å²) in [6.45, 7) is 0.707. The molecule has 2 heterocycles. The van der Waals surface area contributed by atoms with Gasteiger partial charge in [-0.2, -0.15) is 0 Å². The van der Waals surface area contributed by atoms with Crippen LogP contribution < -0.4 is 4.90 Å². The lowest BCUT2D eigenvalue weighted by Crippen LogP contribution is -2.44. The number of hydrogen-bond donors (Lipinski definition) is 0. The summed E-state index contributed by atoms with van der Waals surface area (Å²) in [6, 6.07) is 29.0. The Kier molecular flexibility index (Phi) is 7.89. The number of anilines is 1. The molecule has 7 atom stereocenters. The normalized spacial score (nSPS) is 29.6. The quantitative estimate of drug-likeness (QED) is 0.284. The average molecular weight is 540 g/mol. The van der Waals surface area contributed by atoms with Gasteiger partial charge in [-0.3, -0.25) is 14.5 Å². The van der Waals surface area contributed by atoms with Crippen LogP contribution in [0.1, 0.15) is 17.5 Å². The zero-order valence-electron chi connectivity index (χ0n) is 22.4. The number of nitrogens with zero attached hydrogens (tertiary/aromatic N) is 1. The third-order valence-electron chi connectivity index (χ3n) is 8.04. The molecular weight excluding hydrogens is 506 g/mol. The second-order valence-electron chi connectivity index (χ2n) is 10.4. The maximum Gasteiger partial charge on any atom is 0.238 e. The number of allylic oxidation sites excluding steroid dienone is 1. The molecule has 40 heavy (non-hydrogen) atoms. The molecule has 7 nitrogen and oxygen atoms in total. The number of imide groups is 1. The number of benzene rings is 3. The van der Waals surface area contributed by atoms with Crippen LogP contribution in [0, 0.1) is 17.8 Å². The van der Waals surface area contributed by atoms with Crippen LogP contribution in [0.15, 0.2) is 103 Å². The number of methoxy groups -OCH3 is 1. The Morgan fingerprint density at radius 3 is 1.95 bits per heavy atom. The Balaban J connectivity index is 1.30. The highest BCUT2D eigenvalue weighted by Crippen LogP contribution is 2.46. The molecule has 2 aliphatic heterocycles. The molecule has 2 fully saturated rings. The molecule has 3 aromatic rings. The monoisotopic (exact) mass is 539 g/mol. The van der Waals surface area contributed by atoms with Crippen molar-refractivity contribution in [1.82, 2.24) is 0 Å². The minimum atomic E-state index is -0.694. The average Bonchev–Trinajstić information content (AvgIpc) is 3.49. The molecule has 0 bridgehead atoms. The van der Waals surface area contributed by atoms with Crippen LogP contribution in [0.25, 0.3) is 0 Å². The molecule has 1 aliphatic carbocycles. The minimum Gasteiger partial charge on any atom is -0.368 e. The van der Waals surface area contributed by atoms with E-state index in [9.17, 15) is 9.59 Å². The number of fused-ring (bicyclic) bond motifs is 1. The molecule has 2 amide bonds. The summed E-state index contributed by atoms with van der Waals surface area (Å²) in [5.74, 6) is -1.77. The van der Waals surface area contributed by atoms with E-state index in [0.717, 1.165) is 11.1 Å². The fraction of sp³-hybridized carbons (Fsp3) is 0.333. The number of ether oxygens (including phenoxy) is 4. The van der Waals surface area contributed by atoms with Gasteiger partial charge in [0.05, 0.1) is 36.8 Å². The van der Waals surface area contributed by atoms with Crippen molar-refractivity contribution in [3.8, 4) is 0 Å². The largest absolute Gasteiger partial charge is 0.368 e. The molecule has 7 heteroatoms. The third-order valence-corrected chi connectivity index (χ3v) is 8.04. The van der Waals surface area contributed by atoms with Crippen molar-refractivity contribution in [2.75, 3.05) is 12.0 Å². The highest BCUT2D eigenvalue weighted by Gasteiger charge is 2.58. The van der Waals surface area contributed by atoms with E-state index in [4.69, 9.17) is 18.9 Å². The number of amides is 2. The lowest BCUT2D eigenvalue weighted by molar-refractivity contribution is -0.171. The first-order valence-electron chi connectivity index (χ1n) is 13.7. The van der Waals surface area contributed by atoms with E-state index in [1.807, 2.05) is 91.0 Å². The summed E-state index contributed by atoms with van der Waals surface area (Å²) in [6.07, 6.45) is 2.20. The van der Waals surface area contributed by atoms with Crippen LogP contribution in [0.5, 0.6) is 0 Å². The molecule has 0 N–H and O–H groups in total. The Morgan fingerprint density at radius 1 is 0.775 bits per heavy atom. The van der Waals surface area contributed by atoms with Crippen molar-refractivity contribution >= 4 is 17.5 Å². The molecule has 0 spiro atoms. The molecule has 0 aromatic heterocycles. The first kappa shape index (κ1) is 26.6. The first-order chi connectivity index (χ1) is 19.7. The molecule has 3 aliphatic rings. The molecule has 2 saturated heterocycles. The van der Waals surface area contributed by atoms with Crippen molar-refractivity contribution in [3.05, 3.63) is 114 Å². The summed E-state index contributed by atoms with van der Waals surface area (Å²) in [4.78, 5) is 28.7. The zero-order chi connectivity index (χ0) is 27.5. The van der Waals surface area contributed by atoms with Gasteiger partial charge in [0.2, 0.25) is 11.8 Å². The van der Waals surface area contributed by atoms with Gasteiger partial charge < -0.3 is 18.9 Å².